The molecule has 7 heteroatoms. The van der Waals surface area contributed by atoms with Crippen LogP contribution >= 0.6 is 11.6 Å². The van der Waals surface area contributed by atoms with Crippen LogP contribution in [0.1, 0.15) is 12.0 Å². The first-order chi connectivity index (χ1) is 13.2. The molecule has 27 heavy (non-hydrogen) atoms. The number of H-pyrrole nitrogens is 1. The molecule has 0 spiro atoms. The molecule has 1 aliphatic heterocycles. The number of hydrogen-bond donors (Lipinski definition) is 1. The number of nitrogens with zero attached hydrogens (tertiary/aromatic N) is 2. The molecule has 1 saturated heterocycles. The molecule has 3 heterocycles. The van der Waals surface area contributed by atoms with Crippen LogP contribution in [0, 0.1) is 0 Å². The standard InChI is InChI=1S/C20H19ClFN3O2/c21-19-16(5-2-6-22)17-10-14(11-23-20(17)24-19)13-3-1-4-15(9-13)25-7-8-27-12-18(25)26/h1,3-4,9-11H,2,5-8,12H2,(H,23,24). The Balaban J connectivity index is 1.71. The van der Waals surface area contributed by atoms with Crippen LogP contribution in [0.15, 0.2) is 36.5 Å². The predicted octanol–water partition coefficient (Wildman–Crippen LogP) is 4.15. The maximum atomic E-state index is 12.6. The molecule has 140 valence electrons. The Morgan fingerprint density at radius 3 is 3.00 bits per heavy atom. The van der Waals surface area contributed by atoms with Crippen molar-refractivity contribution in [2.45, 2.75) is 12.8 Å². The lowest BCUT2D eigenvalue weighted by atomic mass is 10.0. The summed E-state index contributed by atoms with van der Waals surface area (Å²) in [6.07, 6.45) is 2.75. The number of fused-ring (bicyclic) bond motifs is 1. The van der Waals surface area contributed by atoms with Gasteiger partial charge in [-0.05, 0) is 42.2 Å². The van der Waals surface area contributed by atoms with Gasteiger partial charge in [-0.3, -0.25) is 9.18 Å². The van der Waals surface area contributed by atoms with Crippen molar-refractivity contribution in [1.82, 2.24) is 9.97 Å². The van der Waals surface area contributed by atoms with E-state index in [1.165, 1.54) is 0 Å². The zero-order chi connectivity index (χ0) is 18.8. The van der Waals surface area contributed by atoms with Crippen molar-refractivity contribution in [2.75, 3.05) is 31.3 Å². The monoisotopic (exact) mass is 387 g/mol. The minimum atomic E-state index is -0.383. The van der Waals surface area contributed by atoms with Crippen LogP contribution in [0.3, 0.4) is 0 Å². The van der Waals surface area contributed by atoms with E-state index in [0.29, 0.717) is 36.8 Å². The molecule has 0 atom stereocenters. The molecule has 0 bridgehead atoms. The second-order valence-corrected chi connectivity index (χ2v) is 6.86. The first-order valence-corrected chi connectivity index (χ1v) is 9.26. The van der Waals surface area contributed by atoms with Crippen molar-refractivity contribution in [3.63, 3.8) is 0 Å². The fraction of sp³-hybridized carbons (Fsp3) is 0.300. The van der Waals surface area contributed by atoms with Gasteiger partial charge in [-0.25, -0.2) is 4.98 Å². The Bertz CT molecular complexity index is 989. The van der Waals surface area contributed by atoms with Gasteiger partial charge in [-0.1, -0.05) is 23.7 Å². The molecule has 1 N–H and O–H groups in total. The number of amides is 1. The van der Waals surface area contributed by atoms with E-state index in [1.807, 2.05) is 30.3 Å². The number of rotatable bonds is 5. The fourth-order valence-corrected chi connectivity index (χ4v) is 3.67. The third-order valence-electron chi connectivity index (χ3n) is 4.74. The molecule has 1 fully saturated rings. The van der Waals surface area contributed by atoms with E-state index in [1.54, 1.807) is 11.1 Å². The van der Waals surface area contributed by atoms with Crippen LogP contribution in [0.4, 0.5) is 10.1 Å². The van der Waals surface area contributed by atoms with Crippen LogP contribution in [-0.2, 0) is 16.0 Å². The number of alkyl halides is 1. The van der Waals surface area contributed by atoms with Gasteiger partial charge in [0.2, 0.25) is 0 Å². The minimum absolute atomic E-state index is 0.0436. The van der Waals surface area contributed by atoms with Gasteiger partial charge in [0.25, 0.3) is 5.91 Å². The van der Waals surface area contributed by atoms with Crippen molar-refractivity contribution in [1.29, 1.82) is 0 Å². The summed E-state index contributed by atoms with van der Waals surface area (Å²) >= 11 is 6.27. The van der Waals surface area contributed by atoms with Crippen LogP contribution in [-0.4, -0.2) is 42.3 Å². The van der Waals surface area contributed by atoms with Gasteiger partial charge < -0.3 is 14.6 Å². The van der Waals surface area contributed by atoms with Gasteiger partial charge in [-0.2, -0.15) is 0 Å². The summed E-state index contributed by atoms with van der Waals surface area (Å²) in [5.74, 6) is -0.0436. The van der Waals surface area contributed by atoms with E-state index >= 15 is 0 Å². The maximum absolute atomic E-state index is 12.6. The maximum Gasteiger partial charge on any atom is 0.253 e. The second-order valence-electron chi connectivity index (χ2n) is 6.48. The number of carbonyl (C=O) groups is 1. The Morgan fingerprint density at radius 1 is 1.30 bits per heavy atom. The Morgan fingerprint density at radius 2 is 2.19 bits per heavy atom. The lowest BCUT2D eigenvalue weighted by molar-refractivity contribution is -0.125. The van der Waals surface area contributed by atoms with Crippen LogP contribution in [0.2, 0.25) is 5.15 Å². The summed E-state index contributed by atoms with van der Waals surface area (Å²) in [5.41, 5.74) is 4.29. The second kappa shape index (κ2) is 7.66. The van der Waals surface area contributed by atoms with Crippen molar-refractivity contribution < 1.29 is 13.9 Å². The number of ether oxygens (including phenoxy) is 1. The van der Waals surface area contributed by atoms with E-state index < -0.39 is 0 Å². The molecule has 5 nitrogen and oxygen atoms in total. The number of aryl methyl sites for hydroxylation is 1. The smallest absolute Gasteiger partial charge is 0.253 e. The van der Waals surface area contributed by atoms with Crippen molar-refractivity contribution in [3.05, 3.63) is 47.2 Å². The molecule has 2 aromatic heterocycles. The average molecular weight is 388 g/mol. The van der Waals surface area contributed by atoms with Crippen LogP contribution in [0.25, 0.3) is 22.2 Å². The van der Waals surface area contributed by atoms with Crippen molar-refractivity contribution >= 4 is 34.2 Å². The molecule has 1 aromatic carbocycles. The number of aromatic amines is 1. The topological polar surface area (TPSA) is 58.2 Å². The number of hydrogen-bond acceptors (Lipinski definition) is 3. The van der Waals surface area contributed by atoms with Gasteiger partial charge >= 0.3 is 0 Å². The highest BCUT2D eigenvalue weighted by atomic mass is 35.5. The first-order valence-electron chi connectivity index (χ1n) is 8.88. The van der Waals surface area contributed by atoms with E-state index in [2.05, 4.69) is 9.97 Å². The molecule has 0 aliphatic carbocycles. The minimum Gasteiger partial charge on any atom is -0.370 e. The summed E-state index contributed by atoms with van der Waals surface area (Å²) in [6, 6.07) is 9.80. The number of carbonyl (C=O) groups excluding carboxylic acids is 1. The molecule has 4 rings (SSSR count). The normalized spacial score (nSPS) is 14.9. The molecule has 0 unspecified atom stereocenters. The Labute approximate surface area is 161 Å². The van der Waals surface area contributed by atoms with Gasteiger partial charge in [0.05, 0.1) is 13.3 Å². The Hall–Kier alpha value is -2.44. The molecule has 1 amide bonds. The Kier molecular flexibility index (Phi) is 5.09. The van der Waals surface area contributed by atoms with Crippen molar-refractivity contribution in [3.8, 4) is 11.1 Å². The van der Waals surface area contributed by atoms with Gasteiger partial charge in [-0.15, -0.1) is 0 Å². The molecular formula is C20H19ClFN3O2. The summed E-state index contributed by atoms with van der Waals surface area (Å²) in [5, 5.41) is 1.41. The number of benzene rings is 1. The van der Waals surface area contributed by atoms with E-state index in [9.17, 15) is 9.18 Å². The predicted molar refractivity (Wildman–Crippen MR) is 104 cm³/mol. The van der Waals surface area contributed by atoms with Gasteiger partial charge in [0.15, 0.2) is 0 Å². The number of morpholine rings is 1. The largest absolute Gasteiger partial charge is 0.370 e. The number of pyridine rings is 1. The summed E-state index contributed by atoms with van der Waals surface area (Å²) in [6.45, 7) is 0.799. The SMILES string of the molecule is O=C1COCCN1c1cccc(-c2cnc3[nH]c(Cl)c(CCCF)c3c2)c1. The van der Waals surface area contributed by atoms with E-state index in [4.69, 9.17) is 16.3 Å². The molecule has 0 saturated carbocycles. The number of aromatic nitrogens is 2. The zero-order valence-corrected chi connectivity index (χ0v) is 15.4. The average Bonchev–Trinajstić information content (AvgIpc) is 3.01. The van der Waals surface area contributed by atoms with Crippen LogP contribution in [0.5, 0.6) is 0 Å². The number of nitrogens with one attached hydrogen (secondary N) is 1. The quantitative estimate of drug-likeness (QED) is 0.715. The van der Waals surface area contributed by atoms with Gasteiger partial charge in [0, 0.05) is 29.4 Å². The molecule has 1 aliphatic rings. The summed E-state index contributed by atoms with van der Waals surface area (Å²) in [4.78, 5) is 21.4. The third-order valence-corrected chi connectivity index (χ3v) is 5.07. The highest BCUT2D eigenvalue weighted by Gasteiger charge is 2.20. The van der Waals surface area contributed by atoms with Crippen LogP contribution < -0.4 is 4.90 Å². The first kappa shape index (κ1) is 17.9. The molecule has 0 radical (unpaired) electrons. The van der Waals surface area contributed by atoms with E-state index in [0.717, 1.165) is 27.8 Å². The lowest BCUT2D eigenvalue weighted by Gasteiger charge is -2.27. The van der Waals surface area contributed by atoms with Crippen molar-refractivity contribution in [2.24, 2.45) is 0 Å². The lowest BCUT2D eigenvalue weighted by Crippen LogP contribution is -2.41. The number of anilines is 1. The number of halogens is 2. The zero-order valence-electron chi connectivity index (χ0n) is 14.7. The highest BCUT2D eigenvalue weighted by Crippen LogP contribution is 2.31. The third kappa shape index (κ3) is 3.55. The molecule has 3 aromatic rings. The molecular weight excluding hydrogens is 369 g/mol. The summed E-state index contributed by atoms with van der Waals surface area (Å²) in [7, 11) is 0. The summed E-state index contributed by atoms with van der Waals surface area (Å²) < 4.78 is 17.8. The van der Waals surface area contributed by atoms with E-state index in [-0.39, 0.29) is 19.2 Å². The highest BCUT2D eigenvalue weighted by molar-refractivity contribution is 6.31. The fourth-order valence-electron chi connectivity index (χ4n) is 3.38. The van der Waals surface area contributed by atoms with Gasteiger partial charge in [0.1, 0.15) is 17.4 Å².